The molecule has 0 aliphatic heterocycles. The lowest BCUT2D eigenvalue weighted by Crippen LogP contribution is -2.14. The molecule has 0 saturated heterocycles. The molecule has 0 spiro atoms. The van der Waals surface area contributed by atoms with Gasteiger partial charge in [0.15, 0.2) is 6.79 Å². The van der Waals surface area contributed by atoms with Crippen LogP contribution in [0.3, 0.4) is 0 Å². The predicted octanol–water partition coefficient (Wildman–Crippen LogP) is 3.42. The van der Waals surface area contributed by atoms with Crippen LogP contribution in [-0.4, -0.2) is 20.6 Å². The van der Waals surface area contributed by atoms with E-state index in [0.717, 1.165) is 20.5 Å². The van der Waals surface area contributed by atoms with E-state index in [4.69, 9.17) is 9.47 Å². The Morgan fingerprint density at radius 2 is 1.86 bits per heavy atom. The van der Waals surface area contributed by atoms with Gasteiger partial charge in [-0.2, -0.15) is 0 Å². The average Bonchev–Trinajstić information content (AvgIpc) is 2.50. The molecule has 0 aliphatic carbocycles. The predicted molar refractivity (Wildman–Crippen MR) is 95.7 cm³/mol. The van der Waals surface area contributed by atoms with Crippen molar-refractivity contribution < 1.29 is 9.47 Å². The van der Waals surface area contributed by atoms with Gasteiger partial charge in [-0.3, -0.25) is 0 Å². The number of benzene rings is 2. The van der Waals surface area contributed by atoms with Crippen molar-refractivity contribution in [2.24, 2.45) is 0 Å². The Labute approximate surface area is 130 Å². The van der Waals surface area contributed by atoms with Crippen LogP contribution in [0.1, 0.15) is 11.1 Å². The molecule has 0 heterocycles. The van der Waals surface area contributed by atoms with E-state index in [1.54, 1.807) is 7.11 Å². The second-order valence-electron chi connectivity index (χ2n) is 4.81. The second kappa shape index (κ2) is 8.49. The first kappa shape index (κ1) is 16.4. The van der Waals surface area contributed by atoms with Crippen LogP contribution in [0.25, 0.3) is 0 Å². The average molecular weight is 320 g/mol. The summed E-state index contributed by atoms with van der Waals surface area (Å²) in [6, 6.07) is 14.8. The smallest absolute Gasteiger partial charge is 0.188 e. The fourth-order valence-electron chi connectivity index (χ4n) is 2.20. The van der Waals surface area contributed by atoms with Gasteiger partial charge in [-0.05, 0) is 42.2 Å². The number of ether oxygens (including phenoxy) is 2. The first-order valence-corrected chi connectivity index (χ1v) is 9.68. The van der Waals surface area contributed by atoms with Crippen LogP contribution in [0.4, 0.5) is 0 Å². The van der Waals surface area contributed by atoms with Gasteiger partial charge in [0.05, 0.1) is 0 Å². The monoisotopic (exact) mass is 320 g/mol. The summed E-state index contributed by atoms with van der Waals surface area (Å²) in [5.41, 5.74) is 2.83. The molecule has 2 aromatic rings. The molecule has 0 N–H and O–H groups in total. The van der Waals surface area contributed by atoms with Crippen LogP contribution >= 0.6 is 17.2 Å². The van der Waals surface area contributed by atoms with E-state index in [1.807, 2.05) is 12.1 Å². The first-order chi connectivity index (χ1) is 10.3. The van der Waals surface area contributed by atoms with Gasteiger partial charge < -0.3 is 9.47 Å². The highest BCUT2D eigenvalue weighted by Crippen LogP contribution is 2.25. The van der Waals surface area contributed by atoms with Gasteiger partial charge >= 0.3 is 0 Å². The zero-order chi connectivity index (χ0) is 15.1. The van der Waals surface area contributed by atoms with E-state index < -0.39 is 0 Å². The molecule has 2 rings (SSSR count). The lowest BCUT2D eigenvalue weighted by Gasteiger charge is -2.15. The molecule has 0 radical (unpaired) electrons. The molecule has 0 saturated carbocycles. The van der Waals surface area contributed by atoms with Crippen LogP contribution in [0, 0.1) is 6.92 Å². The normalized spacial score (nSPS) is 11.8. The Hall–Kier alpha value is -0.940. The molecule has 2 atom stereocenters. The van der Waals surface area contributed by atoms with Crippen molar-refractivity contribution >= 4 is 27.8 Å². The quantitative estimate of drug-likeness (QED) is 0.575. The summed E-state index contributed by atoms with van der Waals surface area (Å²) in [5.74, 6) is 0.922. The zero-order valence-electron chi connectivity index (χ0n) is 12.8. The summed E-state index contributed by atoms with van der Waals surface area (Å²) < 4.78 is 10.7. The molecule has 2 aromatic carbocycles. The van der Waals surface area contributed by atoms with Gasteiger partial charge in [-0.25, -0.2) is 0 Å². The largest absolute Gasteiger partial charge is 0.467 e. The molecule has 2 unspecified atom stereocenters. The number of para-hydroxylation sites is 1. The second-order valence-corrected chi connectivity index (χ2v) is 7.16. The van der Waals surface area contributed by atoms with Crippen molar-refractivity contribution in [3.63, 3.8) is 0 Å². The molecule has 21 heavy (non-hydrogen) atoms. The van der Waals surface area contributed by atoms with Gasteiger partial charge in [0.2, 0.25) is 0 Å². The Kier molecular flexibility index (Phi) is 6.64. The maximum Gasteiger partial charge on any atom is 0.188 e. The lowest BCUT2D eigenvalue weighted by atomic mass is 10.2. The van der Waals surface area contributed by atoms with E-state index in [2.05, 4.69) is 43.9 Å². The molecular weight excluding hydrogens is 298 g/mol. The SMILES string of the molecule is COCOc1ccccc1Pc1c(C)cccc1CPC. The van der Waals surface area contributed by atoms with Crippen molar-refractivity contribution in [2.75, 3.05) is 20.6 Å². The van der Waals surface area contributed by atoms with Crippen molar-refractivity contribution in [3.05, 3.63) is 53.6 Å². The Bertz CT molecular complexity index is 585. The Morgan fingerprint density at radius 1 is 1.05 bits per heavy atom. The highest BCUT2D eigenvalue weighted by molar-refractivity contribution is 7.56. The molecule has 4 heteroatoms. The number of hydrogen-bond acceptors (Lipinski definition) is 2. The highest BCUT2D eigenvalue weighted by atomic mass is 31.1. The molecule has 112 valence electrons. The van der Waals surface area contributed by atoms with Crippen molar-refractivity contribution in [1.29, 1.82) is 0 Å². The van der Waals surface area contributed by atoms with E-state index in [0.29, 0.717) is 15.4 Å². The molecular formula is C17H22O2P2. The minimum absolute atomic E-state index is 0.290. The van der Waals surface area contributed by atoms with Crippen LogP contribution in [0.2, 0.25) is 0 Å². The van der Waals surface area contributed by atoms with Crippen LogP contribution < -0.4 is 15.3 Å². The fraction of sp³-hybridized carbons (Fsp3) is 0.294. The molecule has 0 bridgehead atoms. The maximum atomic E-state index is 5.68. The molecule has 0 fully saturated rings. The number of rotatable bonds is 7. The molecule has 2 nitrogen and oxygen atoms in total. The highest BCUT2D eigenvalue weighted by Gasteiger charge is 2.09. The van der Waals surface area contributed by atoms with Crippen molar-refractivity contribution in [1.82, 2.24) is 0 Å². The summed E-state index contributed by atoms with van der Waals surface area (Å²) >= 11 is 0. The standard InChI is InChI=1S/C17H22O2P2/c1-13-7-6-8-14(11-20-3)17(13)21-16-10-5-4-9-15(16)19-12-18-2/h4-10,20-21H,11-12H2,1-3H3. The summed E-state index contributed by atoms with van der Waals surface area (Å²) in [7, 11) is 3.20. The third-order valence-electron chi connectivity index (χ3n) is 3.21. The maximum absolute atomic E-state index is 5.68. The molecule has 0 aliphatic rings. The Balaban J connectivity index is 2.29. The lowest BCUT2D eigenvalue weighted by molar-refractivity contribution is 0.0519. The number of aryl methyl sites for hydroxylation is 1. The summed E-state index contributed by atoms with van der Waals surface area (Å²) in [6.07, 6.45) is 1.16. The third-order valence-corrected chi connectivity index (χ3v) is 5.59. The van der Waals surface area contributed by atoms with Crippen LogP contribution in [-0.2, 0) is 10.9 Å². The summed E-state index contributed by atoms with van der Waals surface area (Å²) in [4.78, 5) is 0. The Morgan fingerprint density at radius 3 is 2.62 bits per heavy atom. The zero-order valence-corrected chi connectivity index (χ0v) is 14.8. The van der Waals surface area contributed by atoms with E-state index >= 15 is 0 Å². The van der Waals surface area contributed by atoms with Crippen LogP contribution in [0.5, 0.6) is 5.75 Å². The van der Waals surface area contributed by atoms with E-state index in [9.17, 15) is 0 Å². The minimum Gasteiger partial charge on any atom is -0.467 e. The molecule has 0 amide bonds. The van der Waals surface area contributed by atoms with Gasteiger partial charge in [-0.15, -0.1) is 8.58 Å². The summed E-state index contributed by atoms with van der Waals surface area (Å²) in [5, 5.41) is 2.70. The number of methoxy groups -OCH3 is 1. The molecule has 0 aromatic heterocycles. The van der Waals surface area contributed by atoms with Gasteiger partial charge in [0.25, 0.3) is 0 Å². The first-order valence-electron chi connectivity index (χ1n) is 6.97. The van der Waals surface area contributed by atoms with Crippen LogP contribution in [0.15, 0.2) is 42.5 Å². The van der Waals surface area contributed by atoms with Gasteiger partial charge in [0, 0.05) is 12.4 Å². The van der Waals surface area contributed by atoms with E-state index in [1.165, 1.54) is 21.7 Å². The van der Waals surface area contributed by atoms with Gasteiger partial charge in [0.1, 0.15) is 5.75 Å². The van der Waals surface area contributed by atoms with E-state index in [-0.39, 0.29) is 0 Å². The third kappa shape index (κ3) is 4.51. The van der Waals surface area contributed by atoms with Crippen molar-refractivity contribution in [2.45, 2.75) is 13.1 Å². The topological polar surface area (TPSA) is 18.5 Å². The fourth-order valence-corrected chi connectivity index (χ4v) is 4.39. The van der Waals surface area contributed by atoms with Crippen molar-refractivity contribution in [3.8, 4) is 5.75 Å². The van der Waals surface area contributed by atoms with Gasteiger partial charge in [-0.1, -0.05) is 45.0 Å². The number of hydrogen-bond donors (Lipinski definition) is 0. The summed E-state index contributed by atoms with van der Waals surface area (Å²) in [6.45, 7) is 4.74. The minimum atomic E-state index is 0.290.